The Morgan fingerprint density at radius 2 is 1.79 bits per heavy atom. The molecule has 0 aromatic heterocycles. The molecular weight excluding hydrogens is 178 g/mol. The van der Waals surface area contributed by atoms with Gasteiger partial charge >= 0.3 is 5.97 Å². The van der Waals surface area contributed by atoms with E-state index in [-0.39, 0.29) is 11.8 Å². The van der Waals surface area contributed by atoms with Gasteiger partial charge in [0.1, 0.15) is 0 Å². The zero-order valence-electron chi connectivity index (χ0n) is 9.95. The summed E-state index contributed by atoms with van der Waals surface area (Å²) in [6.07, 6.45) is 0.738. The number of hydrogen-bond donors (Lipinski definition) is 1. The largest absolute Gasteiger partial charge is 0.481 e. The van der Waals surface area contributed by atoms with Gasteiger partial charge in [-0.15, -0.1) is 0 Å². The molecule has 1 unspecified atom stereocenters. The highest BCUT2D eigenvalue weighted by Gasteiger charge is 2.21. The third kappa shape index (κ3) is 4.61. The molecule has 0 aromatic rings. The second-order valence-corrected chi connectivity index (χ2v) is 4.55. The van der Waals surface area contributed by atoms with Crippen molar-refractivity contribution in [3.05, 3.63) is 0 Å². The Morgan fingerprint density at radius 3 is 2.07 bits per heavy atom. The molecule has 0 saturated heterocycles. The highest BCUT2D eigenvalue weighted by atomic mass is 16.4. The van der Waals surface area contributed by atoms with E-state index in [1.165, 1.54) is 0 Å². The van der Waals surface area contributed by atoms with Crippen LogP contribution in [0.5, 0.6) is 0 Å². The molecule has 0 radical (unpaired) electrons. The molecule has 0 aliphatic carbocycles. The number of carboxylic acid groups (broad SMARTS) is 1. The highest BCUT2D eigenvalue weighted by Crippen LogP contribution is 2.16. The van der Waals surface area contributed by atoms with Crippen molar-refractivity contribution < 1.29 is 9.90 Å². The number of carboxylic acids is 1. The molecule has 0 heterocycles. The van der Waals surface area contributed by atoms with Gasteiger partial charge in [0.25, 0.3) is 0 Å². The van der Waals surface area contributed by atoms with Gasteiger partial charge in [0.2, 0.25) is 0 Å². The number of nitrogens with zero attached hydrogens (tertiary/aromatic N) is 1. The van der Waals surface area contributed by atoms with Gasteiger partial charge in [-0.3, -0.25) is 4.79 Å². The molecule has 1 atom stereocenters. The first-order chi connectivity index (χ1) is 6.36. The van der Waals surface area contributed by atoms with Crippen molar-refractivity contribution in [2.75, 3.05) is 13.6 Å². The van der Waals surface area contributed by atoms with Gasteiger partial charge in [-0.1, -0.05) is 13.8 Å². The van der Waals surface area contributed by atoms with Crippen LogP contribution in [0, 0.1) is 11.8 Å². The average molecular weight is 201 g/mol. The average Bonchev–Trinajstić information content (AvgIpc) is 2.02. The van der Waals surface area contributed by atoms with Crippen LogP contribution in [0.4, 0.5) is 0 Å². The molecule has 0 aromatic carbocycles. The minimum absolute atomic E-state index is 0.212. The lowest BCUT2D eigenvalue weighted by Crippen LogP contribution is -2.31. The van der Waals surface area contributed by atoms with Gasteiger partial charge < -0.3 is 10.0 Å². The minimum Gasteiger partial charge on any atom is -0.481 e. The molecule has 0 rings (SSSR count). The predicted molar refractivity (Wildman–Crippen MR) is 58.3 cm³/mol. The maximum Gasteiger partial charge on any atom is 0.306 e. The molecule has 0 fully saturated rings. The van der Waals surface area contributed by atoms with Crippen molar-refractivity contribution in [1.29, 1.82) is 0 Å². The number of hydrogen-bond acceptors (Lipinski definition) is 2. The highest BCUT2D eigenvalue weighted by molar-refractivity contribution is 5.70. The van der Waals surface area contributed by atoms with Gasteiger partial charge in [0, 0.05) is 6.04 Å². The first-order valence-electron chi connectivity index (χ1n) is 5.29. The van der Waals surface area contributed by atoms with Gasteiger partial charge in [-0.2, -0.15) is 0 Å². The summed E-state index contributed by atoms with van der Waals surface area (Å²) in [6.45, 7) is 9.02. The molecule has 0 bridgehead atoms. The quantitative estimate of drug-likeness (QED) is 0.715. The summed E-state index contributed by atoms with van der Waals surface area (Å²) in [5.41, 5.74) is 0. The van der Waals surface area contributed by atoms with Crippen LogP contribution in [0.1, 0.15) is 34.1 Å². The summed E-state index contributed by atoms with van der Waals surface area (Å²) in [7, 11) is 2.03. The van der Waals surface area contributed by atoms with E-state index in [0.717, 1.165) is 13.0 Å². The summed E-state index contributed by atoms with van der Waals surface area (Å²) in [6, 6.07) is 0.483. The molecular formula is C11H23NO2. The van der Waals surface area contributed by atoms with Gasteiger partial charge in [-0.05, 0) is 39.8 Å². The fraction of sp³-hybridized carbons (Fsp3) is 0.909. The lowest BCUT2D eigenvalue weighted by Gasteiger charge is -2.24. The van der Waals surface area contributed by atoms with Crippen molar-refractivity contribution >= 4 is 5.97 Å². The van der Waals surface area contributed by atoms with Gasteiger partial charge in [-0.25, -0.2) is 0 Å². The van der Waals surface area contributed by atoms with E-state index in [1.54, 1.807) is 0 Å². The smallest absolute Gasteiger partial charge is 0.306 e. The minimum atomic E-state index is -0.669. The molecule has 0 aliphatic heterocycles. The van der Waals surface area contributed by atoms with Crippen molar-refractivity contribution in [2.24, 2.45) is 11.8 Å². The van der Waals surface area contributed by atoms with Crippen LogP contribution in [0.25, 0.3) is 0 Å². The fourth-order valence-corrected chi connectivity index (χ4v) is 1.34. The summed E-state index contributed by atoms with van der Waals surface area (Å²) in [4.78, 5) is 13.1. The van der Waals surface area contributed by atoms with Crippen LogP contribution < -0.4 is 0 Å². The van der Waals surface area contributed by atoms with Gasteiger partial charge in [0.15, 0.2) is 0 Å². The molecule has 0 aliphatic rings. The van der Waals surface area contributed by atoms with E-state index in [1.807, 2.05) is 20.9 Å². The maximum atomic E-state index is 10.9. The first-order valence-corrected chi connectivity index (χ1v) is 5.29. The van der Waals surface area contributed by atoms with Crippen LogP contribution in [0.15, 0.2) is 0 Å². The van der Waals surface area contributed by atoms with Crippen LogP contribution >= 0.6 is 0 Å². The van der Waals surface area contributed by atoms with Crippen molar-refractivity contribution in [1.82, 2.24) is 4.90 Å². The van der Waals surface area contributed by atoms with Crippen LogP contribution in [0.2, 0.25) is 0 Å². The molecule has 1 N–H and O–H groups in total. The van der Waals surface area contributed by atoms with E-state index in [0.29, 0.717) is 6.04 Å². The summed E-state index contributed by atoms with van der Waals surface area (Å²) >= 11 is 0. The standard InChI is InChI=1S/C11H23NO2/c1-8(2)10(11(13)14)6-7-12(5)9(3)4/h8-10H,6-7H2,1-5H3,(H,13,14). The Balaban J connectivity index is 4.01. The molecule has 0 spiro atoms. The second kappa shape index (κ2) is 6.02. The molecule has 14 heavy (non-hydrogen) atoms. The Labute approximate surface area is 87.1 Å². The van der Waals surface area contributed by atoms with Crippen molar-refractivity contribution in [3.8, 4) is 0 Å². The first kappa shape index (κ1) is 13.4. The predicted octanol–water partition coefficient (Wildman–Crippen LogP) is 2.07. The molecule has 3 nitrogen and oxygen atoms in total. The number of aliphatic carboxylic acids is 1. The van der Waals surface area contributed by atoms with E-state index < -0.39 is 5.97 Å². The van der Waals surface area contributed by atoms with Crippen LogP contribution in [-0.4, -0.2) is 35.6 Å². The Kier molecular flexibility index (Phi) is 5.77. The topological polar surface area (TPSA) is 40.5 Å². The number of rotatable bonds is 6. The molecule has 0 saturated carbocycles. The maximum absolute atomic E-state index is 10.9. The Morgan fingerprint density at radius 1 is 1.29 bits per heavy atom. The molecule has 0 amide bonds. The lowest BCUT2D eigenvalue weighted by atomic mass is 9.92. The summed E-state index contributed by atoms with van der Waals surface area (Å²) in [5.74, 6) is -0.665. The molecule has 84 valence electrons. The zero-order chi connectivity index (χ0) is 11.3. The van der Waals surface area contributed by atoms with E-state index in [2.05, 4.69) is 18.7 Å². The molecule has 3 heteroatoms. The van der Waals surface area contributed by atoms with E-state index >= 15 is 0 Å². The van der Waals surface area contributed by atoms with Crippen molar-refractivity contribution in [3.63, 3.8) is 0 Å². The third-order valence-electron chi connectivity index (χ3n) is 2.80. The normalized spacial score (nSPS) is 14.0. The lowest BCUT2D eigenvalue weighted by molar-refractivity contribution is -0.143. The number of carbonyl (C=O) groups is 1. The van der Waals surface area contributed by atoms with Crippen LogP contribution in [0.3, 0.4) is 0 Å². The fourth-order valence-electron chi connectivity index (χ4n) is 1.34. The monoisotopic (exact) mass is 201 g/mol. The van der Waals surface area contributed by atoms with Crippen molar-refractivity contribution in [2.45, 2.75) is 40.2 Å². The Hall–Kier alpha value is -0.570. The SMILES string of the molecule is CC(C)C(CCN(C)C(C)C)C(=O)O. The Bertz CT molecular complexity index is 178. The van der Waals surface area contributed by atoms with Gasteiger partial charge in [0.05, 0.1) is 5.92 Å². The second-order valence-electron chi connectivity index (χ2n) is 4.55. The van der Waals surface area contributed by atoms with E-state index in [4.69, 9.17) is 5.11 Å². The van der Waals surface area contributed by atoms with Crippen LogP contribution in [-0.2, 0) is 4.79 Å². The summed E-state index contributed by atoms with van der Waals surface area (Å²) in [5, 5.41) is 8.98. The third-order valence-corrected chi connectivity index (χ3v) is 2.80. The summed E-state index contributed by atoms with van der Waals surface area (Å²) < 4.78 is 0. The zero-order valence-corrected chi connectivity index (χ0v) is 9.95. The van der Waals surface area contributed by atoms with E-state index in [9.17, 15) is 4.79 Å².